The molecule has 30 heteroatoms. The SMILES string of the molecule is CC(C)C(C)(C)C(F)(F)F.CCC(C)(C)C.CCC(C)CC.CCC(CC)CC(F)(F)F.CCCC(C)(C)C(F)(F)F.CCCCC(C(F)(F)F)C(F)(F)F.CCCCC(C)C.CCCCCCC(F)(F)F.CCC[C@H](C)CC(F)(F)F.CC[C@@H](C)CC(C(F)(F)F)C(F)(F)F.CC[C@H](C)C(C)C(F)(F)F. The van der Waals surface area contributed by atoms with Crippen molar-refractivity contribution in [3.63, 3.8) is 0 Å². The smallest absolute Gasteiger partial charge is 0.171 e. The summed E-state index contributed by atoms with van der Waals surface area (Å²) in [6, 6.07) is 0. The van der Waals surface area contributed by atoms with Crippen LogP contribution in [0.5, 0.6) is 0 Å². The molecule has 0 spiro atoms. The Morgan fingerprint density at radius 3 is 0.792 bits per heavy atom. The van der Waals surface area contributed by atoms with Crippen LogP contribution in [0.25, 0.3) is 0 Å². The van der Waals surface area contributed by atoms with Gasteiger partial charge in [-0.15, -0.1) is 0 Å². The average molecular weight is 1630 g/mol. The van der Waals surface area contributed by atoms with Gasteiger partial charge in [0.1, 0.15) is 0 Å². The van der Waals surface area contributed by atoms with Gasteiger partial charge >= 0.3 is 61.8 Å². The maximum Gasteiger partial charge on any atom is 0.400 e. The van der Waals surface area contributed by atoms with E-state index in [2.05, 4.69) is 69.2 Å². The molecule has 0 N–H and O–H groups in total. The van der Waals surface area contributed by atoms with Gasteiger partial charge in [0.05, 0.1) is 16.7 Å². The minimum atomic E-state index is -5.19. The molecule has 658 valence electrons. The summed E-state index contributed by atoms with van der Waals surface area (Å²) in [5, 5.41) is 0. The molecule has 106 heavy (non-hydrogen) atoms. The number of alkyl halides is 30. The fourth-order valence-electron chi connectivity index (χ4n) is 7.26. The number of hydrogen-bond donors (Lipinski definition) is 0. The van der Waals surface area contributed by atoms with Crippen molar-refractivity contribution in [2.24, 2.45) is 75.4 Å². The molecule has 0 nitrogen and oxygen atoms in total. The summed E-state index contributed by atoms with van der Waals surface area (Å²) in [5.74, 6) is -7.30. The average Bonchev–Trinajstić information content (AvgIpc) is 0.847. The van der Waals surface area contributed by atoms with E-state index in [1.807, 2.05) is 13.8 Å². The van der Waals surface area contributed by atoms with Gasteiger partial charge in [-0.3, -0.25) is 0 Å². The number of halogens is 30. The molecule has 0 heterocycles. The Kier molecular flexibility index (Phi) is 75.0. The molecule has 0 saturated carbocycles. The molecule has 0 fully saturated rings. The highest BCUT2D eigenvalue weighted by Gasteiger charge is 2.57. The Morgan fingerprint density at radius 2 is 0.632 bits per heavy atom. The summed E-state index contributed by atoms with van der Waals surface area (Å²) in [4.78, 5) is 0. The monoisotopic (exact) mass is 1630 g/mol. The minimum absolute atomic E-state index is 0.0658. The van der Waals surface area contributed by atoms with Crippen LogP contribution in [0.15, 0.2) is 0 Å². The van der Waals surface area contributed by atoms with Crippen molar-refractivity contribution >= 4 is 0 Å². The Bertz CT molecular complexity index is 1810. The van der Waals surface area contributed by atoms with E-state index >= 15 is 0 Å². The van der Waals surface area contributed by atoms with E-state index in [4.69, 9.17) is 0 Å². The lowest BCUT2D eigenvalue weighted by Crippen LogP contribution is -2.37. The fourth-order valence-corrected chi connectivity index (χ4v) is 7.26. The lowest BCUT2D eigenvalue weighted by atomic mass is 9.81. The van der Waals surface area contributed by atoms with E-state index in [-0.39, 0.29) is 42.9 Å². The molecule has 0 amide bonds. The molecule has 0 radical (unpaired) electrons. The molecule has 0 saturated heterocycles. The van der Waals surface area contributed by atoms with Crippen LogP contribution in [0.3, 0.4) is 0 Å². The van der Waals surface area contributed by atoms with Crippen LogP contribution in [0.1, 0.15) is 354 Å². The van der Waals surface area contributed by atoms with E-state index in [0.29, 0.717) is 56.8 Å². The van der Waals surface area contributed by atoms with E-state index in [9.17, 15) is 132 Å². The quantitative estimate of drug-likeness (QED) is 0.0598. The Labute approximate surface area is 621 Å². The zero-order chi connectivity index (χ0) is 88.0. The molecule has 4 atom stereocenters. The molecule has 0 aliphatic rings. The van der Waals surface area contributed by atoms with Crippen molar-refractivity contribution in [1.29, 1.82) is 0 Å². The van der Waals surface area contributed by atoms with Crippen LogP contribution >= 0.6 is 0 Å². The van der Waals surface area contributed by atoms with Crippen LogP contribution in [0.2, 0.25) is 0 Å². The Hall–Kier alpha value is -2.10. The second kappa shape index (κ2) is 62.4. The molecule has 0 aromatic heterocycles. The first kappa shape index (κ1) is 127. The van der Waals surface area contributed by atoms with E-state index < -0.39 is 128 Å². The van der Waals surface area contributed by atoms with Gasteiger partial charge in [0.2, 0.25) is 0 Å². The first-order valence-corrected chi connectivity index (χ1v) is 37.5. The predicted molar refractivity (Wildman–Crippen MR) is 377 cm³/mol. The first-order valence-electron chi connectivity index (χ1n) is 37.5. The van der Waals surface area contributed by atoms with Crippen LogP contribution in [0.4, 0.5) is 132 Å². The topological polar surface area (TPSA) is 0 Å². The van der Waals surface area contributed by atoms with Crippen molar-refractivity contribution in [2.45, 2.75) is 416 Å². The summed E-state index contributed by atoms with van der Waals surface area (Å²) in [6.45, 7) is 50.5. The van der Waals surface area contributed by atoms with Gasteiger partial charge < -0.3 is 0 Å². The van der Waals surface area contributed by atoms with Gasteiger partial charge in [-0.1, -0.05) is 309 Å². The zero-order valence-electron chi connectivity index (χ0n) is 69.3. The van der Waals surface area contributed by atoms with E-state index in [1.54, 1.807) is 69.2 Å². The van der Waals surface area contributed by atoms with Gasteiger partial charge in [0, 0.05) is 19.3 Å². The first-order chi connectivity index (χ1) is 46.8. The van der Waals surface area contributed by atoms with Gasteiger partial charge in [0.25, 0.3) is 0 Å². The molecule has 1 unspecified atom stereocenters. The number of hydrogen-bond acceptors (Lipinski definition) is 0. The largest absolute Gasteiger partial charge is 0.400 e. The van der Waals surface area contributed by atoms with Gasteiger partial charge in [-0.2, -0.15) is 132 Å². The van der Waals surface area contributed by atoms with Crippen molar-refractivity contribution < 1.29 is 132 Å². The van der Waals surface area contributed by atoms with Crippen LogP contribution in [0, 0.1) is 75.4 Å². The zero-order valence-corrected chi connectivity index (χ0v) is 69.3. The van der Waals surface area contributed by atoms with Crippen LogP contribution in [-0.4, -0.2) is 61.8 Å². The number of unbranched alkanes of at least 4 members (excludes halogenated alkanes) is 5. The second-order valence-electron chi connectivity index (χ2n) is 30.4. The lowest BCUT2D eigenvalue weighted by molar-refractivity contribution is -0.288. The summed E-state index contributed by atoms with van der Waals surface area (Å²) in [7, 11) is 0. The van der Waals surface area contributed by atoms with Gasteiger partial charge in [-0.25, -0.2) is 0 Å². The third-order valence-corrected chi connectivity index (χ3v) is 17.5. The summed E-state index contributed by atoms with van der Waals surface area (Å²) in [6.07, 6.45) is -32.8. The molecule has 0 aromatic carbocycles. The standard InChI is InChI=1S/C8H12F6.C7H10F6.6C7H13F3.C7H16.2C6H14/c1-3-5(2)4-6(7(9,10)11)8(12,13)14;1-2-3-4-5(6(8,9)10)7(11,12)13;1-5(2)6(3,4)7(8,9)10;1-4-5-6(2,3)7(8,9)10;1-4-5(2)6(3)7(8,9)10;1-3-4-6(2)5-7(8,9)10;1-3-6(4-2)5-7(8,9)10;1-2-3-4-5-6-7(8,9)10;1-4-5-6-7(2)3;1-5-6(2,3)4;1-4-6(3)5-2/h5-6H,3-4H2,1-2H3;5H,2-4H2,1H3;5H,1-4H3;4-5H2,1-3H3;5-6H,4H2,1-3H3;2*6H,3-5H2,1-2H3;2-6H2,1H3;7H,4-6H2,1-3H3;5H2,1-4H3;6H,4-5H2,1-3H3/t5-;;;;5-,6?;6-;;;;;/m1...00...../s1. The molecule has 0 aliphatic carbocycles. The predicted octanol–water partition coefficient (Wildman–Crippen LogP) is 35.9. The Morgan fingerprint density at radius 1 is 0.283 bits per heavy atom. The summed E-state index contributed by atoms with van der Waals surface area (Å²) >= 11 is 0. The highest BCUT2D eigenvalue weighted by atomic mass is 19.5. The molecular weight excluding hydrogens is 1480 g/mol. The maximum atomic E-state index is 12.1. The van der Waals surface area contributed by atoms with Crippen LogP contribution < -0.4 is 0 Å². The highest BCUT2D eigenvalue weighted by Crippen LogP contribution is 2.46. The fraction of sp³-hybridized carbons (Fsp3) is 1.00. The van der Waals surface area contributed by atoms with E-state index in [1.165, 1.54) is 80.1 Å². The van der Waals surface area contributed by atoms with Gasteiger partial charge in [-0.05, 0) is 72.5 Å². The van der Waals surface area contributed by atoms with E-state index in [0.717, 1.165) is 31.1 Å². The molecule has 0 aliphatic heterocycles. The van der Waals surface area contributed by atoms with Crippen LogP contribution in [-0.2, 0) is 0 Å². The molecular formula is C76H144F30. The van der Waals surface area contributed by atoms with Crippen molar-refractivity contribution in [3.8, 4) is 0 Å². The van der Waals surface area contributed by atoms with Crippen molar-refractivity contribution in [3.05, 3.63) is 0 Å². The Balaban J connectivity index is -0.000000105. The van der Waals surface area contributed by atoms with Gasteiger partial charge in [0.15, 0.2) is 11.8 Å². The van der Waals surface area contributed by atoms with Crippen molar-refractivity contribution in [2.75, 3.05) is 0 Å². The second-order valence-corrected chi connectivity index (χ2v) is 30.4. The molecule has 0 bridgehead atoms. The maximum absolute atomic E-state index is 12.1. The normalized spacial score (nSPS) is 13.9. The third-order valence-electron chi connectivity index (χ3n) is 17.5. The highest BCUT2D eigenvalue weighted by molar-refractivity contribution is 4.81. The lowest BCUT2D eigenvalue weighted by Gasteiger charge is -2.31. The minimum Gasteiger partial charge on any atom is -0.171 e. The summed E-state index contributed by atoms with van der Waals surface area (Å²) < 4.78 is 355. The molecule has 0 rings (SSSR count). The number of rotatable bonds is 26. The summed E-state index contributed by atoms with van der Waals surface area (Å²) in [5.41, 5.74) is -2.53. The van der Waals surface area contributed by atoms with Crippen molar-refractivity contribution in [1.82, 2.24) is 0 Å². The molecule has 0 aromatic rings. The third kappa shape index (κ3) is 90.8.